The van der Waals surface area contributed by atoms with Crippen molar-refractivity contribution in [2.45, 2.75) is 38.1 Å². The molecule has 1 aromatic carbocycles. The fourth-order valence-corrected chi connectivity index (χ4v) is 3.08. The number of nitrogens with zero attached hydrogens (tertiary/aromatic N) is 1. The molecule has 2 heterocycles. The van der Waals surface area contributed by atoms with Gasteiger partial charge in [0.25, 0.3) is 5.91 Å². The van der Waals surface area contributed by atoms with Crippen LogP contribution >= 0.6 is 0 Å². The van der Waals surface area contributed by atoms with Crippen LogP contribution in [0.3, 0.4) is 0 Å². The predicted octanol–water partition coefficient (Wildman–Crippen LogP) is 1.27. The smallest absolute Gasteiger partial charge is 0.254 e. The minimum absolute atomic E-state index is 0.0974. The third-order valence-electron chi connectivity index (χ3n) is 4.19. The van der Waals surface area contributed by atoms with Crippen LogP contribution in [0.4, 0.5) is 0 Å². The number of imide groups is 1. The van der Waals surface area contributed by atoms with Crippen LogP contribution in [0.5, 0.6) is 0 Å². The Kier molecular flexibility index (Phi) is 3.73. The number of carbonyl (C=O) groups excluding carboxylic acids is 3. The van der Waals surface area contributed by atoms with E-state index in [4.69, 9.17) is 0 Å². The Labute approximate surface area is 123 Å². The summed E-state index contributed by atoms with van der Waals surface area (Å²) in [5.41, 5.74) is 1.72. The van der Waals surface area contributed by atoms with Crippen molar-refractivity contribution in [1.29, 1.82) is 0 Å². The van der Waals surface area contributed by atoms with Crippen LogP contribution in [-0.4, -0.2) is 35.2 Å². The van der Waals surface area contributed by atoms with E-state index in [-0.39, 0.29) is 17.7 Å². The standard InChI is InChI=1S/C16H18N2O3/c19-14-9-8-13(15(20)17-14)18-10-4-3-6-11-5-1-2-7-12(11)16(18)21/h1-2,5,7,13H,3-4,6,8-10H2,(H,17,19,20). The van der Waals surface area contributed by atoms with E-state index < -0.39 is 6.04 Å². The number of hydrogen-bond donors (Lipinski definition) is 1. The predicted molar refractivity (Wildman–Crippen MR) is 76.6 cm³/mol. The first-order valence-electron chi connectivity index (χ1n) is 7.39. The summed E-state index contributed by atoms with van der Waals surface area (Å²) < 4.78 is 0. The molecule has 110 valence electrons. The molecular formula is C16H18N2O3. The van der Waals surface area contributed by atoms with Crippen molar-refractivity contribution >= 4 is 17.7 Å². The van der Waals surface area contributed by atoms with Crippen molar-refractivity contribution in [2.24, 2.45) is 0 Å². The van der Waals surface area contributed by atoms with Gasteiger partial charge in [0.2, 0.25) is 11.8 Å². The summed E-state index contributed by atoms with van der Waals surface area (Å²) in [7, 11) is 0. The first-order chi connectivity index (χ1) is 10.2. The van der Waals surface area contributed by atoms with Crippen LogP contribution in [0.25, 0.3) is 0 Å². The minimum atomic E-state index is -0.527. The molecule has 0 aromatic heterocycles. The van der Waals surface area contributed by atoms with Crippen molar-refractivity contribution in [1.82, 2.24) is 10.2 Å². The van der Waals surface area contributed by atoms with Crippen molar-refractivity contribution in [3.05, 3.63) is 35.4 Å². The second kappa shape index (κ2) is 5.68. The van der Waals surface area contributed by atoms with E-state index >= 15 is 0 Å². The maximum Gasteiger partial charge on any atom is 0.254 e. The van der Waals surface area contributed by atoms with Gasteiger partial charge in [-0.25, -0.2) is 0 Å². The molecule has 3 rings (SSSR count). The number of amides is 3. The average Bonchev–Trinajstić information content (AvgIpc) is 2.47. The van der Waals surface area contributed by atoms with Crippen molar-refractivity contribution in [3.63, 3.8) is 0 Å². The van der Waals surface area contributed by atoms with E-state index in [1.165, 1.54) is 0 Å². The summed E-state index contributed by atoms with van der Waals surface area (Å²) in [6.45, 7) is 0.569. The Hall–Kier alpha value is -2.17. The van der Waals surface area contributed by atoms with Gasteiger partial charge in [-0.05, 0) is 37.3 Å². The van der Waals surface area contributed by atoms with Crippen LogP contribution in [0.15, 0.2) is 24.3 Å². The molecule has 2 aliphatic rings. The maximum absolute atomic E-state index is 12.8. The van der Waals surface area contributed by atoms with Crippen LogP contribution < -0.4 is 5.32 Å². The lowest BCUT2D eigenvalue weighted by molar-refractivity contribution is -0.136. The van der Waals surface area contributed by atoms with Crippen LogP contribution in [0.2, 0.25) is 0 Å². The molecule has 1 saturated heterocycles. The van der Waals surface area contributed by atoms with Gasteiger partial charge < -0.3 is 4.90 Å². The highest BCUT2D eigenvalue weighted by Crippen LogP contribution is 2.22. The van der Waals surface area contributed by atoms with Gasteiger partial charge in [0, 0.05) is 18.5 Å². The number of benzene rings is 1. The van der Waals surface area contributed by atoms with Gasteiger partial charge in [-0.3, -0.25) is 19.7 Å². The highest BCUT2D eigenvalue weighted by atomic mass is 16.2. The third kappa shape index (κ3) is 2.68. The zero-order valence-electron chi connectivity index (χ0n) is 11.8. The van der Waals surface area contributed by atoms with Crippen molar-refractivity contribution < 1.29 is 14.4 Å². The fourth-order valence-electron chi connectivity index (χ4n) is 3.08. The lowest BCUT2D eigenvalue weighted by Crippen LogP contribution is -2.54. The third-order valence-corrected chi connectivity index (χ3v) is 4.19. The molecule has 1 unspecified atom stereocenters. The van der Waals surface area contributed by atoms with Crippen molar-refractivity contribution in [2.75, 3.05) is 6.54 Å². The first kappa shape index (κ1) is 13.8. The molecule has 0 radical (unpaired) electrons. The molecule has 3 amide bonds. The molecule has 1 fully saturated rings. The SMILES string of the molecule is O=C1CCC(N2CCCCc3ccccc3C2=O)C(=O)N1. The summed E-state index contributed by atoms with van der Waals surface area (Å²) in [5.74, 6) is -0.700. The number of carbonyl (C=O) groups is 3. The Morgan fingerprint density at radius 2 is 1.86 bits per heavy atom. The Morgan fingerprint density at radius 3 is 2.67 bits per heavy atom. The van der Waals surface area contributed by atoms with Gasteiger partial charge in [-0.15, -0.1) is 0 Å². The maximum atomic E-state index is 12.8. The fraction of sp³-hybridized carbons (Fsp3) is 0.438. The van der Waals surface area contributed by atoms with Crippen LogP contribution in [0, 0.1) is 0 Å². The number of hydrogen-bond acceptors (Lipinski definition) is 3. The van der Waals surface area contributed by atoms with Gasteiger partial charge >= 0.3 is 0 Å². The van der Waals surface area contributed by atoms with Gasteiger partial charge in [0.15, 0.2) is 0 Å². The molecule has 2 aliphatic heterocycles. The van der Waals surface area contributed by atoms with E-state index in [0.29, 0.717) is 24.9 Å². The molecule has 5 heteroatoms. The first-order valence-corrected chi connectivity index (χ1v) is 7.39. The second-order valence-corrected chi connectivity index (χ2v) is 5.58. The molecular weight excluding hydrogens is 268 g/mol. The summed E-state index contributed by atoms with van der Waals surface area (Å²) >= 11 is 0. The molecule has 0 bridgehead atoms. The second-order valence-electron chi connectivity index (χ2n) is 5.58. The number of nitrogens with one attached hydrogen (secondary N) is 1. The molecule has 1 N–H and O–H groups in total. The topological polar surface area (TPSA) is 66.5 Å². The van der Waals surface area contributed by atoms with Gasteiger partial charge in [-0.2, -0.15) is 0 Å². The molecule has 1 atom stereocenters. The number of aryl methyl sites for hydroxylation is 1. The summed E-state index contributed by atoms with van der Waals surface area (Å²) in [6.07, 6.45) is 3.47. The van der Waals surface area contributed by atoms with Crippen LogP contribution in [-0.2, 0) is 16.0 Å². The number of fused-ring (bicyclic) bond motifs is 1. The molecule has 5 nitrogen and oxygen atoms in total. The van der Waals surface area contributed by atoms with Gasteiger partial charge in [0.1, 0.15) is 6.04 Å². The quantitative estimate of drug-likeness (QED) is 0.791. The number of rotatable bonds is 1. The average molecular weight is 286 g/mol. The molecule has 0 aliphatic carbocycles. The molecule has 0 spiro atoms. The largest absolute Gasteiger partial charge is 0.327 e. The van der Waals surface area contributed by atoms with Crippen molar-refractivity contribution in [3.8, 4) is 0 Å². The molecule has 1 aromatic rings. The van der Waals surface area contributed by atoms with E-state index in [1.807, 2.05) is 24.3 Å². The monoisotopic (exact) mass is 286 g/mol. The van der Waals surface area contributed by atoms with E-state index in [2.05, 4.69) is 5.32 Å². The number of piperidine rings is 1. The molecule has 0 saturated carbocycles. The van der Waals surface area contributed by atoms with Crippen LogP contribution in [0.1, 0.15) is 41.6 Å². The summed E-state index contributed by atoms with van der Waals surface area (Å²) in [6, 6.07) is 7.05. The Bertz CT molecular complexity index is 597. The zero-order chi connectivity index (χ0) is 14.8. The zero-order valence-corrected chi connectivity index (χ0v) is 11.8. The Morgan fingerprint density at radius 1 is 1.05 bits per heavy atom. The Balaban J connectivity index is 1.90. The highest BCUT2D eigenvalue weighted by Gasteiger charge is 2.35. The highest BCUT2D eigenvalue weighted by molar-refractivity contribution is 6.04. The summed E-state index contributed by atoms with van der Waals surface area (Å²) in [4.78, 5) is 37.7. The van der Waals surface area contributed by atoms with E-state index in [0.717, 1.165) is 24.8 Å². The lowest BCUT2D eigenvalue weighted by Gasteiger charge is -2.34. The normalized spacial score (nSPS) is 23.1. The minimum Gasteiger partial charge on any atom is -0.327 e. The lowest BCUT2D eigenvalue weighted by atomic mass is 9.96. The van der Waals surface area contributed by atoms with E-state index in [1.54, 1.807) is 4.90 Å². The van der Waals surface area contributed by atoms with Gasteiger partial charge in [-0.1, -0.05) is 18.2 Å². The van der Waals surface area contributed by atoms with Gasteiger partial charge in [0.05, 0.1) is 0 Å². The molecule has 21 heavy (non-hydrogen) atoms. The summed E-state index contributed by atoms with van der Waals surface area (Å²) in [5, 5.41) is 2.34. The van der Waals surface area contributed by atoms with E-state index in [9.17, 15) is 14.4 Å².